The number of rotatable bonds is 2. The molecule has 0 amide bonds. The van der Waals surface area contributed by atoms with E-state index in [1.54, 1.807) is 0 Å². The average molecular weight is 456 g/mol. The van der Waals surface area contributed by atoms with Crippen molar-refractivity contribution in [3.63, 3.8) is 0 Å². The van der Waals surface area contributed by atoms with Crippen LogP contribution in [0.25, 0.3) is 11.0 Å². The van der Waals surface area contributed by atoms with E-state index in [0.717, 1.165) is 23.1 Å². The molecule has 0 saturated carbocycles. The van der Waals surface area contributed by atoms with Crippen LogP contribution in [0.15, 0.2) is 60.8 Å². The fraction of sp³-hybridized carbons (Fsp3) is 0.0667. The van der Waals surface area contributed by atoms with E-state index in [2.05, 4.69) is 22.1 Å². The van der Waals surface area contributed by atoms with Crippen molar-refractivity contribution < 1.29 is 16.9 Å². The van der Waals surface area contributed by atoms with Crippen LogP contribution in [0.4, 0.5) is 16.9 Å². The Bertz CT molecular complexity index is 823. The maximum absolute atomic E-state index is 11.2. The zero-order valence-corrected chi connectivity index (χ0v) is 14.6. The van der Waals surface area contributed by atoms with Crippen molar-refractivity contribution in [3.8, 4) is 0 Å². The predicted octanol–water partition coefficient (Wildman–Crippen LogP) is 5.36. The predicted molar refractivity (Wildman–Crippen MR) is 81.2 cm³/mol. The number of para-hydroxylation sites is 2. The van der Waals surface area contributed by atoms with Crippen molar-refractivity contribution in [1.82, 2.24) is 9.97 Å². The van der Waals surface area contributed by atoms with Crippen molar-refractivity contribution >= 4 is 30.5 Å². The second-order valence-corrected chi connectivity index (χ2v) is 10.4. The topological polar surface area (TPSA) is 25.8 Å². The van der Waals surface area contributed by atoms with Gasteiger partial charge in [0.25, 0.3) is 0 Å². The summed E-state index contributed by atoms with van der Waals surface area (Å²) in [4.78, 5) is 9.02. The first kappa shape index (κ1) is 18.5. The van der Waals surface area contributed by atoms with Crippen LogP contribution in [-0.4, -0.2) is 29.4 Å². The Morgan fingerprint density at radius 2 is 1.21 bits per heavy atom. The minimum absolute atomic E-state index is 0.832. The van der Waals surface area contributed by atoms with Gasteiger partial charge in [-0.05, 0) is 17.7 Å². The molecule has 0 atom stereocenters. The molecule has 0 N–H and O–H groups in total. The van der Waals surface area contributed by atoms with Crippen LogP contribution in [0.1, 0.15) is 11.3 Å². The zero-order valence-electron chi connectivity index (χ0n) is 12.1. The van der Waals surface area contributed by atoms with Gasteiger partial charge in [-0.3, -0.25) is 4.98 Å². The number of aromatic nitrogens is 2. The number of hydrogen-bond acceptors (Lipinski definition) is 2. The van der Waals surface area contributed by atoms with Crippen LogP contribution in [0.2, 0.25) is 0 Å². The molecular weight excluding hydrogens is 444 g/mol. The van der Waals surface area contributed by atoms with E-state index < -0.39 is 19.5 Å². The molecule has 24 heavy (non-hydrogen) atoms. The van der Waals surface area contributed by atoms with E-state index in [1.165, 1.54) is 5.56 Å². The van der Waals surface area contributed by atoms with E-state index >= 15 is 0 Å². The van der Waals surface area contributed by atoms with Gasteiger partial charge in [0.1, 0.15) is 0 Å². The van der Waals surface area contributed by atoms with Gasteiger partial charge >= 0.3 is 36.4 Å². The van der Waals surface area contributed by atoms with Gasteiger partial charge in [0.05, 0.1) is 16.7 Å². The smallest absolute Gasteiger partial charge is 0.0890 e. The Labute approximate surface area is 136 Å². The summed E-state index contributed by atoms with van der Waals surface area (Å²) < 4.78 is 59.6. The van der Waals surface area contributed by atoms with Gasteiger partial charge in [-0.1, -0.05) is 42.5 Å². The van der Waals surface area contributed by atoms with Gasteiger partial charge < -0.3 is 0 Å². The maximum atomic E-state index is 9.93. The molecule has 3 aromatic rings. The molecule has 1 aromatic heterocycles. The van der Waals surface area contributed by atoms with E-state index in [0.29, 0.717) is 0 Å². The largest absolute Gasteiger partial charge is 0.253 e. The Hall–Kier alpha value is -1.82. The standard InChI is InChI=1S/C15H12N2.6FH.Sb/c1-2-6-12(7-3-1)10-13-11-16-14-8-4-5-9-15(14)17-13;;;;;;;/h1-9,11H,10H2;6*1H;/q;;;;;;;+5/p-6. The third-order valence-corrected chi connectivity index (χ3v) is 2.73. The van der Waals surface area contributed by atoms with Crippen molar-refractivity contribution in [1.29, 1.82) is 0 Å². The van der Waals surface area contributed by atoms with Crippen LogP contribution >= 0.6 is 0 Å². The molecule has 0 aliphatic carbocycles. The molecule has 9 heteroatoms. The quantitative estimate of drug-likeness (QED) is 0.384. The molecule has 3 rings (SSSR count). The van der Waals surface area contributed by atoms with Gasteiger partial charge in [-0.25, -0.2) is 4.98 Å². The first-order valence-electron chi connectivity index (χ1n) is 6.68. The molecule has 0 spiro atoms. The molecule has 0 saturated heterocycles. The van der Waals surface area contributed by atoms with Crippen LogP contribution in [0.3, 0.4) is 0 Å². The third kappa shape index (κ3) is 8.15. The summed E-state index contributed by atoms with van der Waals surface area (Å²) in [6.45, 7) is 0. The molecule has 130 valence electrons. The van der Waals surface area contributed by atoms with E-state index in [4.69, 9.17) is 0 Å². The number of benzene rings is 2. The minimum atomic E-state index is -11.2. The Morgan fingerprint density at radius 1 is 0.708 bits per heavy atom. The second kappa shape index (κ2) is 5.92. The van der Waals surface area contributed by atoms with Crippen LogP contribution < -0.4 is 0 Å². The normalized spacial score (nSPS) is 14.2. The molecule has 0 radical (unpaired) electrons. The van der Waals surface area contributed by atoms with Crippen molar-refractivity contribution in [2.45, 2.75) is 6.42 Å². The van der Waals surface area contributed by atoms with Crippen LogP contribution in [-0.2, 0) is 6.42 Å². The molecular formula is C15H12F6N2Sb-. The number of fused-ring (bicyclic) bond motifs is 1. The summed E-state index contributed by atoms with van der Waals surface area (Å²) in [7, 11) is 0. The Balaban J connectivity index is 0.000000256. The minimum Gasteiger partial charge on any atom is -0.253 e. The van der Waals surface area contributed by atoms with Gasteiger partial charge in [0.2, 0.25) is 0 Å². The molecule has 0 aliphatic rings. The average Bonchev–Trinajstić information content (AvgIpc) is 2.45. The molecule has 0 unspecified atom stereocenters. The van der Waals surface area contributed by atoms with Gasteiger partial charge in [-0.15, -0.1) is 0 Å². The summed E-state index contributed by atoms with van der Waals surface area (Å²) >= 11 is -11.2. The first-order valence-corrected chi connectivity index (χ1v) is 12.5. The van der Waals surface area contributed by atoms with Crippen molar-refractivity contribution in [3.05, 3.63) is 72.1 Å². The van der Waals surface area contributed by atoms with Crippen molar-refractivity contribution in [2.75, 3.05) is 0 Å². The number of halogens is 6. The molecule has 1 heterocycles. The summed E-state index contributed by atoms with van der Waals surface area (Å²) in [5, 5.41) is 0. The van der Waals surface area contributed by atoms with E-state index in [-0.39, 0.29) is 0 Å². The molecule has 0 bridgehead atoms. The van der Waals surface area contributed by atoms with E-state index in [1.807, 2.05) is 48.7 Å². The Kier molecular flexibility index (Phi) is 4.56. The summed E-state index contributed by atoms with van der Waals surface area (Å²) in [5.41, 5.74) is 4.18. The number of nitrogens with zero attached hydrogens (tertiary/aromatic N) is 2. The monoisotopic (exact) mass is 455 g/mol. The van der Waals surface area contributed by atoms with Gasteiger partial charge in [0, 0.05) is 12.6 Å². The Morgan fingerprint density at radius 3 is 1.79 bits per heavy atom. The fourth-order valence-corrected chi connectivity index (χ4v) is 1.89. The van der Waals surface area contributed by atoms with Crippen LogP contribution in [0, 0.1) is 0 Å². The SMILES string of the molecule is [F][Sb-]([F])([F])([F])([F])[F].c1ccc(Cc2cnc3ccccc3n2)cc1. The van der Waals surface area contributed by atoms with Gasteiger partial charge in [0.15, 0.2) is 0 Å². The van der Waals surface area contributed by atoms with E-state index in [9.17, 15) is 16.9 Å². The fourth-order valence-electron chi connectivity index (χ4n) is 1.89. The first-order chi connectivity index (χ1) is 10.9. The molecule has 2 nitrogen and oxygen atoms in total. The summed E-state index contributed by atoms with van der Waals surface area (Å²) in [5.74, 6) is 0. The number of hydrogen-bond donors (Lipinski definition) is 0. The van der Waals surface area contributed by atoms with Gasteiger partial charge in [-0.2, -0.15) is 0 Å². The molecule has 0 aliphatic heterocycles. The second-order valence-electron chi connectivity index (χ2n) is 4.97. The van der Waals surface area contributed by atoms with Crippen LogP contribution in [0.5, 0.6) is 0 Å². The molecule has 2 aromatic carbocycles. The summed E-state index contributed by atoms with van der Waals surface area (Å²) in [6.07, 6.45) is 2.69. The third-order valence-electron chi connectivity index (χ3n) is 2.73. The molecule has 0 fully saturated rings. The maximum Gasteiger partial charge on any atom is 0.0890 e. The summed E-state index contributed by atoms with van der Waals surface area (Å²) in [6, 6.07) is 18.3. The zero-order chi connectivity index (χ0) is 17.9. The van der Waals surface area contributed by atoms with Crippen molar-refractivity contribution in [2.24, 2.45) is 0 Å².